The molecule has 0 aliphatic heterocycles. The predicted octanol–water partition coefficient (Wildman–Crippen LogP) is 3.05. The molecule has 5 aliphatic rings. The minimum Gasteiger partial charge on any atom is -0.325 e. The molecule has 19 heavy (non-hydrogen) atoms. The van der Waals surface area contributed by atoms with Gasteiger partial charge in [0.25, 0.3) is 0 Å². The quantitative estimate of drug-likeness (QED) is 0.763. The number of hydrogen-bond donors (Lipinski definition) is 2. The van der Waals surface area contributed by atoms with Crippen LogP contribution in [0.4, 0.5) is 0 Å². The van der Waals surface area contributed by atoms with Crippen molar-refractivity contribution in [3.8, 4) is 0 Å². The lowest BCUT2D eigenvalue weighted by atomic mass is 9.37. The largest absolute Gasteiger partial charge is 0.325 e. The number of nitrogens with two attached hydrogens (primary N) is 2. The Morgan fingerprint density at radius 3 is 2.58 bits per heavy atom. The highest BCUT2D eigenvalue weighted by molar-refractivity contribution is 5.16. The first-order valence-corrected chi connectivity index (χ1v) is 8.44. The highest BCUT2D eigenvalue weighted by atomic mass is 14.8. The summed E-state index contributed by atoms with van der Waals surface area (Å²) in [5.41, 5.74) is 14.3. The number of rotatable bonds is 1. The Bertz CT molecular complexity index is 406. The van der Waals surface area contributed by atoms with Gasteiger partial charge in [0.15, 0.2) is 0 Å². The van der Waals surface area contributed by atoms with Gasteiger partial charge in [0, 0.05) is 11.1 Å². The summed E-state index contributed by atoms with van der Waals surface area (Å²) in [4.78, 5) is 0. The molecule has 0 heterocycles. The fourth-order valence-electron chi connectivity index (χ4n) is 6.71. The number of hydrogen-bond acceptors (Lipinski definition) is 2. The molecule has 4 N–H and O–H groups in total. The van der Waals surface area contributed by atoms with Gasteiger partial charge in [0.2, 0.25) is 0 Å². The van der Waals surface area contributed by atoms with Crippen LogP contribution in [0.2, 0.25) is 0 Å². The van der Waals surface area contributed by atoms with Crippen LogP contribution in [0, 0.1) is 29.1 Å². The zero-order valence-corrected chi connectivity index (χ0v) is 12.6. The van der Waals surface area contributed by atoms with E-state index in [2.05, 4.69) is 13.8 Å². The molecule has 5 bridgehead atoms. The normalized spacial score (nSPS) is 63.2. The Balaban J connectivity index is 1.74. The molecule has 2 heteroatoms. The van der Waals surface area contributed by atoms with Gasteiger partial charge in [-0.15, -0.1) is 0 Å². The molecule has 0 aromatic carbocycles. The monoisotopic (exact) mass is 262 g/mol. The minimum absolute atomic E-state index is 0.104. The maximum absolute atomic E-state index is 6.82. The zero-order chi connectivity index (χ0) is 13.5. The average Bonchev–Trinajstić information content (AvgIpc) is 2.35. The standard InChI is InChI=1S/C17H30N2/c1-3-16(18)6-11-4-5-17(19)8-12(11)13-7-15(2,10-16)14(13)9-17/h11-14H,3-10,18-19H2,1-2H3. The Hall–Kier alpha value is -0.0800. The van der Waals surface area contributed by atoms with Crippen molar-refractivity contribution >= 4 is 0 Å². The van der Waals surface area contributed by atoms with Crippen molar-refractivity contribution in [1.29, 1.82) is 0 Å². The van der Waals surface area contributed by atoms with Crippen molar-refractivity contribution in [2.45, 2.75) is 76.3 Å². The fraction of sp³-hybridized carbons (Fsp3) is 1.00. The van der Waals surface area contributed by atoms with E-state index in [1.165, 1.54) is 44.9 Å². The lowest BCUT2D eigenvalue weighted by Gasteiger charge is -2.69. The smallest absolute Gasteiger partial charge is 0.0160 e. The molecule has 5 rings (SSSR count). The summed E-state index contributed by atoms with van der Waals surface area (Å²) in [6, 6.07) is 0. The van der Waals surface area contributed by atoms with E-state index in [1.54, 1.807) is 0 Å². The summed E-state index contributed by atoms with van der Waals surface area (Å²) >= 11 is 0. The lowest BCUT2D eigenvalue weighted by molar-refractivity contribution is -0.173. The first-order chi connectivity index (χ1) is 8.87. The van der Waals surface area contributed by atoms with Crippen molar-refractivity contribution in [3.05, 3.63) is 0 Å². The van der Waals surface area contributed by atoms with Gasteiger partial charge in [-0.05, 0) is 80.5 Å². The van der Waals surface area contributed by atoms with Gasteiger partial charge in [-0.2, -0.15) is 0 Å². The molecule has 0 aromatic heterocycles. The van der Waals surface area contributed by atoms with Gasteiger partial charge in [0.1, 0.15) is 0 Å². The Morgan fingerprint density at radius 2 is 1.84 bits per heavy atom. The Kier molecular flexibility index (Phi) is 2.37. The van der Waals surface area contributed by atoms with Crippen molar-refractivity contribution < 1.29 is 0 Å². The van der Waals surface area contributed by atoms with Crippen LogP contribution < -0.4 is 11.5 Å². The summed E-state index contributed by atoms with van der Waals surface area (Å²) in [5, 5.41) is 0. The second-order valence-electron chi connectivity index (χ2n) is 8.96. The summed E-state index contributed by atoms with van der Waals surface area (Å²) in [6.07, 6.45) is 10.3. The van der Waals surface area contributed by atoms with Gasteiger partial charge in [-0.1, -0.05) is 13.8 Å². The second kappa shape index (κ2) is 3.57. The average molecular weight is 262 g/mol. The van der Waals surface area contributed by atoms with E-state index in [-0.39, 0.29) is 11.1 Å². The molecule has 5 fully saturated rings. The van der Waals surface area contributed by atoms with Crippen LogP contribution in [-0.4, -0.2) is 11.1 Å². The van der Waals surface area contributed by atoms with E-state index in [9.17, 15) is 0 Å². The van der Waals surface area contributed by atoms with E-state index in [1.807, 2.05) is 0 Å². The summed E-state index contributed by atoms with van der Waals surface area (Å²) in [7, 11) is 0. The van der Waals surface area contributed by atoms with Gasteiger partial charge < -0.3 is 11.5 Å². The highest BCUT2D eigenvalue weighted by Gasteiger charge is 2.64. The summed E-state index contributed by atoms with van der Waals surface area (Å²) in [6.45, 7) is 4.81. The summed E-state index contributed by atoms with van der Waals surface area (Å²) < 4.78 is 0. The van der Waals surface area contributed by atoms with Crippen LogP contribution in [0.25, 0.3) is 0 Å². The molecule has 0 radical (unpaired) electrons. The third-order valence-corrected chi connectivity index (χ3v) is 7.68. The molecular formula is C17H30N2. The van der Waals surface area contributed by atoms with Gasteiger partial charge in [0.05, 0.1) is 0 Å². The molecule has 7 unspecified atom stereocenters. The van der Waals surface area contributed by atoms with Crippen molar-refractivity contribution in [2.75, 3.05) is 0 Å². The molecule has 5 saturated carbocycles. The molecule has 0 saturated heterocycles. The second-order valence-corrected chi connectivity index (χ2v) is 8.96. The van der Waals surface area contributed by atoms with Crippen molar-refractivity contribution in [2.24, 2.45) is 40.6 Å². The van der Waals surface area contributed by atoms with Crippen LogP contribution in [0.5, 0.6) is 0 Å². The van der Waals surface area contributed by atoms with Crippen molar-refractivity contribution in [3.63, 3.8) is 0 Å². The molecule has 5 aliphatic carbocycles. The molecule has 0 spiro atoms. The van der Waals surface area contributed by atoms with Crippen LogP contribution in [0.1, 0.15) is 65.2 Å². The minimum atomic E-state index is 0.104. The predicted molar refractivity (Wildman–Crippen MR) is 78.5 cm³/mol. The first-order valence-electron chi connectivity index (χ1n) is 8.44. The third kappa shape index (κ3) is 1.62. The lowest BCUT2D eigenvalue weighted by Crippen LogP contribution is -2.67. The van der Waals surface area contributed by atoms with Crippen LogP contribution in [-0.2, 0) is 0 Å². The van der Waals surface area contributed by atoms with Gasteiger partial charge in [-0.3, -0.25) is 0 Å². The molecule has 0 aromatic rings. The van der Waals surface area contributed by atoms with Gasteiger partial charge >= 0.3 is 0 Å². The zero-order valence-electron chi connectivity index (χ0n) is 12.6. The van der Waals surface area contributed by atoms with E-state index in [0.717, 1.165) is 30.1 Å². The van der Waals surface area contributed by atoms with Crippen LogP contribution >= 0.6 is 0 Å². The van der Waals surface area contributed by atoms with E-state index < -0.39 is 0 Å². The van der Waals surface area contributed by atoms with Crippen LogP contribution in [0.15, 0.2) is 0 Å². The Labute approximate surface area is 117 Å². The maximum atomic E-state index is 6.82. The first kappa shape index (κ1) is 12.6. The molecule has 2 nitrogen and oxygen atoms in total. The Morgan fingerprint density at radius 1 is 1.05 bits per heavy atom. The van der Waals surface area contributed by atoms with Crippen LogP contribution in [0.3, 0.4) is 0 Å². The number of fused-ring (bicyclic) bond motifs is 3. The van der Waals surface area contributed by atoms with Crippen molar-refractivity contribution in [1.82, 2.24) is 0 Å². The molecule has 0 amide bonds. The molecular weight excluding hydrogens is 232 g/mol. The summed E-state index contributed by atoms with van der Waals surface area (Å²) in [5.74, 6) is 3.65. The highest BCUT2D eigenvalue weighted by Crippen LogP contribution is 2.69. The fourth-order valence-corrected chi connectivity index (χ4v) is 6.71. The molecule has 108 valence electrons. The van der Waals surface area contributed by atoms with E-state index in [4.69, 9.17) is 11.5 Å². The maximum Gasteiger partial charge on any atom is 0.0160 e. The third-order valence-electron chi connectivity index (χ3n) is 7.68. The van der Waals surface area contributed by atoms with E-state index >= 15 is 0 Å². The topological polar surface area (TPSA) is 52.0 Å². The van der Waals surface area contributed by atoms with E-state index in [0.29, 0.717) is 5.41 Å². The van der Waals surface area contributed by atoms with Gasteiger partial charge in [-0.25, -0.2) is 0 Å². The molecule has 7 atom stereocenters. The SMILES string of the molecule is CCC1(N)CC2CCC3(N)CC2C2CC(C)(C1)C2C3.